The second kappa shape index (κ2) is 10.2. The van der Waals surface area contributed by atoms with Gasteiger partial charge in [-0.1, -0.05) is 29.3 Å². The predicted molar refractivity (Wildman–Crippen MR) is 111 cm³/mol. The monoisotopic (exact) mass is 441 g/mol. The minimum Gasteiger partial charge on any atom is -0.379 e. The predicted octanol–water partition coefficient (Wildman–Crippen LogP) is 2.97. The number of halogens is 2. The number of nitrogens with zero attached hydrogens (tertiary/aromatic N) is 1. The third-order valence-electron chi connectivity index (χ3n) is 4.44. The molecule has 2 N–H and O–H groups in total. The van der Waals surface area contributed by atoms with Gasteiger partial charge < -0.3 is 15.4 Å². The number of rotatable bonds is 7. The fourth-order valence-corrected chi connectivity index (χ4v) is 4.11. The molecule has 6 nitrogen and oxygen atoms in total. The molecule has 0 saturated carbocycles. The van der Waals surface area contributed by atoms with Crippen molar-refractivity contribution in [3.05, 3.63) is 56.2 Å². The van der Waals surface area contributed by atoms with Crippen LogP contribution in [0.25, 0.3) is 0 Å². The molecule has 1 saturated heterocycles. The van der Waals surface area contributed by atoms with Crippen molar-refractivity contribution in [1.82, 2.24) is 15.5 Å². The van der Waals surface area contributed by atoms with Crippen molar-refractivity contribution in [3.63, 3.8) is 0 Å². The Hall–Kier alpha value is -1.64. The number of ether oxygens (including phenoxy) is 1. The van der Waals surface area contributed by atoms with Gasteiger partial charge in [-0.25, -0.2) is 0 Å². The van der Waals surface area contributed by atoms with Crippen molar-refractivity contribution in [2.45, 2.75) is 6.04 Å². The summed E-state index contributed by atoms with van der Waals surface area (Å²) >= 11 is 13.4. The van der Waals surface area contributed by atoms with Gasteiger partial charge in [0.05, 0.1) is 35.8 Å². The number of nitrogens with one attached hydrogen (secondary N) is 2. The first-order valence-electron chi connectivity index (χ1n) is 8.90. The van der Waals surface area contributed by atoms with Crippen LogP contribution in [0.15, 0.2) is 35.7 Å². The molecule has 9 heteroatoms. The third kappa shape index (κ3) is 5.68. The van der Waals surface area contributed by atoms with Crippen molar-refractivity contribution in [3.8, 4) is 0 Å². The van der Waals surface area contributed by atoms with E-state index in [0.717, 1.165) is 13.1 Å². The van der Waals surface area contributed by atoms with E-state index in [0.29, 0.717) is 35.4 Å². The molecule has 0 bridgehead atoms. The number of carbonyl (C=O) groups excluding carboxylic acids is 2. The van der Waals surface area contributed by atoms with Crippen molar-refractivity contribution < 1.29 is 14.3 Å². The van der Waals surface area contributed by atoms with Gasteiger partial charge in [0.15, 0.2) is 0 Å². The molecule has 0 radical (unpaired) electrons. The number of carbonyl (C=O) groups is 2. The molecule has 1 aromatic carbocycles. The van der Waals surface area contributed by atoms with E-state index in [-0.39, 0.29) is 24.4 Å². The summed E-state index contributed by atoms with van der Waals surface area (Å²) in [6.45, 7) is 3.39. The first-order valence-corrected chi connectivity index (χ1v) is 10.5. The van der Waals surface area contributed by atoms with Crippen molar-refractivity contribution in [1.29, 1.82) is 0 Å². The zero-order chi connectivity index (χ0) is 19.9. The number of benzene rings is 1. The average molecular weight is 442 g/mol. The van der Waals surface area contributed by atoms with Gasteiger partial charge in [-0.2, -0.15) is 0 Å². The number of amides is 2. The van der Waals surface area contributed by atoms with E-state index in [1.807, 2.05) is 11.4 Å². The maximum atomic E-state index is 12.2. The van der Waals surface area contributed by atoms with Gasteiger partial charge >= 0.3 is 0 Å². The van der Waals surface area contributed by atoms with Gasteiger partial charge in [0, 0.05) is 30.1 Å². The van der Waals surface area contributed by atoms with E-state index in [4.69, 9.17) is 27.9 Å². The van der Waals surface area contributed by atoms with Crippen LogP contribution in [0, 0.1) is 0 Å². The minimum absolute atomic E-state index is 0.0959. The van der Waals surface area contributed by atoms with E-state index < -0.39 is 0 Å². The van der Waals surface area contributed by atoms with Crippen LogP contribution in [0.5, 0.6) is 0 Å². The van der Waals surface area contributed by atoms with Crippen LogP contribution >= 0.6 is 34.5 Å². The molecule has 1 aliphatic rings. The standard InChI is InChI=1S/C19H21Cl2N3O3S/c20-14-4-3-13(10-15(14)21)19(26)23-12-18(25)22-11-16(17-2-1-9-28-17)24-5-7-27-8-6-24/h1-4,9-10,16H,5-8,11-12H2,(H,22,25)(H,23,26). The third-order valence-corrected chi connectivity index (χ3v) is 6.15. The summed E-state index contributed by atoms with van der Waals surface area (Å²) in [4.78, 5) is 27.9. The van der Waals surface area contributed by atoms with Crippen LogP contribution in [0.4, 0.5) is 0 Å². The maximum absolute atomic E-state index is 12.2. The molecule has 28 heavy (non-hydrogen) atoms. The Morgan fingerprint density at radius 3 is 2.61 bits per heavy atom. The quantitative estimate of drug-likeness (QED) is 0.692. The Bertz CT molecular complexity index is 811. The summed E-state index contributed by atoms with van der Waals surface area (Å²) in [6.07, 6.45) is 0. The molecule has 2 amide bonds. The second-order valence-electron chi connectivity index (χ2n) is 6.30. The normalized spacial score (nSPS) is 15.8. The van der Waals surface area contributed by atoms with Gasteiger partial charge in [0.1, 0.15) is 0 Å². The lowest BCUT2D eigenvalue weighted by Gasteiger charge is -2.34. The summed E-state index contributed by atoms with van der Waals surface area (Å²) < 4.78 is 5.42. The zero-order valence-electron chi connectivity index (χ0n) is 15.1. The Morgan fingerprint density at radius 1 is 1.14 bits per heavy atom. The topological polar surface area (TPSA) is 70.7 Å². The number of hydrogen-bond donors (Lipinski definition) is 2. The van der Waals surface area contributed by atoms with Crippen LogP contribution < -0.4 is 10.6 Å². The zero-order valence-corrected chi connectivity index (χ0v) is 17.4. The molecule has 3 rings (SSSR count). The first-order chi connectivity index (χ1) is 13.5. The molecule has 1 aromatic heterocycles. The molecule has 1 aliphatic heterocycles. The molecule has 1 atom stereocenters. The smallest absolute Gasteiger partial charge is 0.251 e. The fraction of sp³-hybridized carbons (Fsp3) is 0.368. The molecule has 0 spiro atoms. The number of hydrogen-bond acceptors (Lipinski definition) is 5. The van der Waals surface area contributed by atoms with Crippen LogP contribution in [0.1, 0.15) is 21.3 Å². The van der Waals surface area contributed by atoms with Crippen molar-refractivity contribution in [2.75, 3.05) is 39.4 Å². The first kappa shape index (κ1) is 21.1. The van der Waals surface area contributed by atoms with Crippen molar-refractivity contribution >= 4 is 46.4 Å². The van der Waals surface area contributed by atoms with Gasteiger partial charge in [-0.3, -0.25) is 14.5 Å². The van der Waals surface area contributed by atoms with E-state index >= 15 is 0 Å². The molecule has 1 unspecified atom stereocenters. The van der Waals surface area contributed by atoms with Gasteiger partial charge in [0.25, 0.3) is 5.91 Å². The summed E-state index contributed by atoms with van der Waals surface area (Å²) in [5.74, 6) is -0.625. The van der Waals surface area contributed by atoms with E-state index in [1.165, 1.54) is 10.9 Å². The Morgan fingerprint density at radius 2 is 1.93 bits per heavy atom. The summed E-state index contributed by atoms with van der Waals surface area (Å²) in [6, 6.07) is 8.76. The van der Waals surface area contributed by atoms with Crippen LogP contribution in [0.3, 0.4) is 0 Å². The highest BCUT2D eigenvalue weighted by Gasteiger charge is 2.24. The SMILES string of the molecule is O=C(CNC(=O)c1ccc(Cl)c(Cl)c1)NCC(c1cccs1)N1CCOCC1. The van der Waals surface area contributed by atoms with Crippen LogP contribution in [-0.2, 0) is 9.53 Å². The molecule has 2 aromatic rings. The molecule has 1 fully saturated rings. The molecule has 2 heterocycles. The lowest BCUT2D eigenvalue weighted by molar-refractivity contribution is -0.120. The Balaban J connectivity index is 1.51. The summed E-state index contributed by atoms with van der Waals surface area (Å²) in [7, 11) is 0. The highest BCUT2D eigenvalue weighted by atomic mass is 35.5. The minimum atomic E-state index is -0.378. The molecule has 150 valence electrons. The van der Waals surface area contributed by atoms with Crippen molar-refractivity contribution in [2.24, 2.45) is 0 Å². The largest absolute Gasteiger partial charge is 0.379 e. The van der Waals surface area contributed by atoms with E-state index in [2.05, 4.69) is 21.6 Å². The van der Waals surface area contributed by atoms with E-state index in [1.54, 1.807) is 23.5 Å². The fourth-order valence-electron chi connectivity index (χ4n) is 2.95. The number of morpholine rings is 1. The summed E-state index contributed by atoms with van der Waals surface area (Å²) in [5, 5.41) is 8.22. The Labute approximate surface area is 177 Å². The molecular formula is C19H21Cl2N3O3S. The lowest BCUT2D eigenvalue weighted by atomic mass is 10.2. The van der Waals surface area contributed by atoms with Gasteiger partial charge in [0.2, 0.25) is 5.91 Å². The maximum Gasteiger partial charge on any atom is 0.251 e. The van der Waals surface area contributed by atoms with E-state index in [9.17, 15) is 9.59 Å². The average Bonchev–Trinajstić information content (AvgIpc) is 3.23. The Kier molecular flexibility index (Phi) is 7.70. The molecule has 0 aliphatic carbocycles. The molecular weight excluding hydrogens is 421 g/mol. The van der Waals surface area contributed by atoms with Gasteiger partial charge in [-0.15, -0.1) is 11.3 Å². The second-order valence-corrected chi connectivity index (χ2v) is 8.09. The van der Waals surface area contributed by atoms with Crippen LogP contribution in [0.2, 0.25) is 10.0 Å². The highest BCUT2D eigenvalue weighted by molar-refractivity contribution is 7.10. The summed E-state index contributed by atoms with van der Waals surface area (Å²) in [5.41, 5.74) is 0.354. The van der Waals surface area contributed by atoms with Gasteiger partial charge in [-0.05, 0) is 29.6 Å². The highest BCUT2D eigenvalue weighted by Crippen LogP contribution is 2.25. The van der Waals surface area contributed by atoms with Crippen LogP contribution in [-0.4, -0.2) is 56.1 Å². The number of thiophene rings is 1. The lowest BCUT2D eigenvalue weighted by Crippen LogP contribution is -2.45.